The van der Waals surface area contributed by atoms with Crippen LogP contribution in [0, 0.1) is 5.92 Å². The molecule has 1 unspecified atom stereocenters. The van der Waals surface area contributed by atoms with Crippen molar-refractivity contribution in [3.05, 3.63) is 28.8 Å². The maximum absolute atomic E-state index is 12.3. The average Bonchev–Trinajstić information content (AvgIpc) is 3.12. The topological polar surface area (TPSA) is 52.3 Å². The van der Waals surface area contributed by atoms with Gasteiger partial charge in [-0.3, -0.25) is 4.79 Å². The van der Waals surface area contributed by atoms with E-state index in [1.807, 2.05) is 0 Å². The van der Waals surface area contributed by atoms with Gasteiger partial charge in [0, 0.05) is 5.56 Å². The number of halogens is 1. The second-order valence-electron chi connectivity index (χ2n) is 4.74. The van der Waals surface area contributed by atoms with E-state index in [4.69, 9.17) is 22.1 Å². The van der Waals surface area contributed by atoms with Gasteiger partial charge in [-0.05, 0) is 43.9 Å². The zero-order valence-electron chi connectivity index (χ0n) is 10.00. The van der Waals surface area contributed by atoms with Gasteiger partial charge in [0.2, 0.25) is 0 Å². The molecule has 0 saturated heterocycles. The van der Waals surface area contributed by atoms with Crippen LogP contribution in [-0.2, 0) is 0 Å². The Kier molecular flexibility index (Phi) is 3.15. The van der Waals surface area contributed by atoms with Crippen molar-refractivity contribution in [1.29, 1.82) is 0 Å². The Morgan fingerprint density at radius 1 is 1.53 bits per heavy atom. The van der Waals surface area contributed by atoms with Crippen molar-refractivity contribution in [2.45, 2.75) is 25.3 Å². The quantitative estimate of drug-likeness (QED) is 0.840. The number of methoxy groups -OCH3 is 1. The average molecular weight is 254 g/mol. The summed E-state index contributed by atoms with van der Waals surface area (Å²) in [6.07, 6.45) is 2.06. The van der Waals surface area contributed by atoms with Crippen molar-refractivity contribution in [1.82, 2.24) is 0 Å². The van der Waals surface area contributed by atoms with Crippen LogP contribution in [0.4, 0.5) is 0 Å². The summed E-state index contributed by atoms with van der Waals surface area (Å²) in [5.74, 6) is 0.760. The third-order valence-electron chi connectivity index (χ3n) is 3.33. The van der Waals surface area contributed by atoms with Crippen LogP contribution in [0.15, 0.2) is 18.2 Å². The monoisotopic (exact) mass is 253 g/mol. The number of carbonyl (C=O) groups excluding carboxylic acids is 1. The summed E-state index contributed by atoms with van der Waals surface area (Å²) in [5.41, 5.74) is 5.88. The van der Waals surface area contributed by atoms with Crippen molar-refractivity contribution in [2.24, 2.45) is 11.7 Å². The number of hydrogen-bond donors (Lipinski definition) is 1. The molecule has 1 saturated carbocycles. The third kappa shape index (κ3) is 2.31. The van der Waals surface area contributed by atoms with E-state index >= 15 is 0 Å². The van der Waals surface area contributed by atoms with Crippen LogP contribution in [0.2, 0.25) is 5.02 Å². The first-order chi connectivity index (χ1) is 7.96. The fourth-order valence-electron chi connectivity index (χ4n) is 1.98. The van der Waals surface area contributed by atoms with E-state index in [-0.39, 0.29) is 5.78 Å². The number of hydrogen-bond acceptors (Lipinski definition) is 3. The number of ether oxygens (including phenoxy) is 1. The van der Waals surface area contributed by atoms with Gasteiger partial charge in [0.05, 0.1) is 17.7 Å². The van der Waals surface area contributed by atoms with Gasteiger partial charge in [-0.1, -0.05) is 11.6 Å². The highest BCUT2D eigenvalue weighted by atomic mass is 35.5. The molecule has 0 radical (unpaired) electrons. The zero-order chi connectivity index (χ0) is 12.6. The molecule has 17 heavy (non-hydrogen) atoms. The summed E-state index contributed by atoms with van der Waals surface area (Å²) in [4.78, 5) is 12.3. The van der Waals surface area contributed by atoms with Gasteiger partial charge in [0.15, 0.2) is 5.78 Å². The molecule has 1 aliphatic rings. The second kappa shape index (κ2) is 4.31. The Bertz CT molecular complexity index is 453. The zero-order valence-corrected chi connectivity index (χ0v) is 10.8. The molecule has 0 amide bonds. The molecule has 0 aliphatic heterocycles. The Hall–Kier alpha value is -1.06. The standard InChI is InChI=1S/C13H16ClNO2/c1-13(15,9-4-5-9)12(16)8-3-6-10(14)11(7-8)17-2/h3,6-7,9H,4-5,15H2,1-2H3. The highest BCUT2D eigenvalue weighted by Crippen LogP contribution is 2.40. The van der Waals surface area contributed by atoms with Gasteiger partial charge in [0.25, 0.3) is 0 Å². The van der Waals surface area contributed by atoms with Crippen LogP contribution in [0.5, 0.6) is 5.75 Å². The van der Waals surface area contributed by atoms with Gasteiger partial charge in [-0.15, -0.1) is 0 Å². The molecule has 3 nitrogen and oxygen atoms in total. The summed E-state index contributed by atoms with van der Waals surface area (Å²) >= 11 is 5.92. The van der Waals surface area contributed by atoms with Crippen molar-refractivity contribution >= 4 is 17.4 Å². The molecule has 2 N–H and O–H groups in total. The Balaban J connectivity index is 2.30. The number of rotatable bonds is 4. The first-order valence-electron chi connectivity index (χ1n) is 5.64. The molecule has 1 aromatic carbocycles. The largest absolute Gasteiger partial charge is 0.495 e. The molecule has 4 heteroatoms. The van der Waals surface area contributed by atoms with E-state index in [0.717, 1.165) is 12.8 Å². The molecule has 1 aliphatic carbocycles. The van der Waals surface area contributed by atoms with Crippen LogP contribution < -0.4 is 10.5 Å². The fraction of sp³-hybridized carbons (Fsp3) is 0.462. The molecule has 92 valence electrons. The van der Waals surface area contributed by atoms with E-state index in [0.29, 0.717) is 22.3 Å². The number of Topliss-reactive ketones (excluding diaryl/α,β-unsaturated/α-hetero) is 1. The van der Waals surface area contributed by atoms with Gasteiger partial charge < -0.3 is 10.5 Å². The summed E-state index contributed by atoms with van der Waals surface area (Å²) in [7, 11) is 1.53. The van der Waals surface area contributed by atoms with E-state index < -0.39 is 5.54 Å². The summed E-state index contributed by atoms with van der Waals surface area (Å²) in [6.45, 7) is 1.80. The number of ketones is 1. The molecular formula is C13H16ClNO2. The molecule has 0 bridgehead atoms. The summed E-state index contributed by atoms with van der Waals surface area (Å²) < 4.78 is 5.10. The van der Waals surface area contributed by atoms with Crippen molar-refractivity contribution in [3.8, 4) is 5.75 Å². The third-order valence-corrected chi connectivity index (χ3v) is 3.64. The Labute approximate surface area is 106 Å². The minimum Gasteiger partial charge on any atom is -0.495 e. The van der Waals surface area contributed by atoms with Crippen LogP contribution in [0.25, 0.3) is 0 Å². The second-order valence-corrected chi connectivity index (χ2v) is 5.14. The predicted octanol–water partition coefficient (Wildman–Crippen LogP) is 2.66. The van der Waals surface area contributed by atoms with Gasteiger partial charge in [-0.25, -0.2) is 0 Å². The summed E-state index contributed by atoms with van der Waals surface area (Å²) in [6, 6.07) is 5.01. The van der Waals surface area contributed by atoms with Gasteiger partial charge in [-0.2, -0.15) is 0 Å². The van der Waals surface area contributed by atoms with E-state index in [1.165, 1.54) is 7.11 Å². The molecule has 1 atom stereocenters. The Morgan fingerprint density at radius 2 is 2.18 bits per heavy atom. The van der Waals surface area contributed by atoms with Crippen LogP contribution in [0.1, 0.15) is 30.1 Å². The van der Waals surface area contributed by atoms with Crippen LogP contribution in [-0.4, -0.2) is 18.4 Å². The molecule has 0 aromatic heterocycles. The molecular weight excluding hydrogens is 238 g/mol. The lowest BCUT2D eigenvalue weighted by atomic mass is 9.87. The SMILES string of the molecule is COc1cc(C(=O)C(C)(N)C2CC2)ccc1Cl. The maximum atomic E-state index is 12.3. The lowest BCUT2D eigenvalue weighted by Gasteiger charge is -2.23. The number of nitrogens with two attached hydrogens (primary N) is 1. The maximum Gasteiger partial charge on any atom is 0.182 e. The first kappa shape index (κ1) is 12.4. The molecule has 1 aromatic rings. The van der Waals surface area contributed by atoms with E-state index in [2.05, 4.69) is 0 Å². The molecule has 1 fully saturated rings. The lowest BCUT2D eigenvalue weighted by Crippen LogP contribution is -2.47. The highest BCUT2D eigenvalue weighted by molar-refractivity contribution is 6.32. The van der Waals surface area contributed by atoms with Crippen molar-refractivity contribution < 1.29 is 9.53 Å². The molecule has 0 spiro atoms. The van der Waals surface area contributed by atoms with Gasteiger partial charge in [0.1, 0.15) is 5.75 Å². The highest BCUT2D eigenvalue weighted by Gasteiger charge is 2.44. The lowest BCUT2D eigenvalue weighted by molar-refractivity contribution is 0.0883. The minimum absolute atomic E-state index is 0.0463. The summed E-state index contributed by atoms with van der Waals surface area (Å²) in [5, 5.41) is 0.495. The van der Waals surface area contributed by atoms with Crippen molar-refractivity contribution in [3.63, 3.8) is 0 Å². The van der Waals surface area contributed by atoms with Gasteiger partial charge >= 0.3 is 0 Å². The minimum atomic E-state index is -0.779. The van der Waals surface area contributed by atoms with Crippen molar-refractivity contribution in [2.75, 3.05) is 7.11 Å². The van der Waals surface area contributed by atoms with E-state index in [1.54, 1.807) is 25.1 Å². The molecule has 2 rings (SSSR count). The normalized spacial score (nSPS) is 18.6. The smallest absolute Gasteiger partial charge is 0.182 e. The number of benzene rings is 1. The first-order valence-corrected chi connectivity index (χ1v) is 6.02. The molecule has 0 heterocycles. The van der Waals surface area contributed by atoms with Crippen LogP contribution in [0.3, 0.4) is 0 Å². The van der Waals surface area contributed by atoms with E-state index in [9.17, 15) is 4.79 Å². The fourth-order valence-corrected chi connectivity index (χ4v) is 2.18. The Morgan fingerprint density at radius 3 is 2.71 bits per heavy atom. The number of carbonyl (C=O) groups is 1. The van der Waals surface area contributed by atoms with Crippen LogP contribution >= 0.6 is 11.6 Å². The predicted molar refractivity (Wildman–Crippen MR) is 67.7 cm³/mol.